The van der Waals surface area contributed by atoms with Crippen LogP contribution in [-0.2, 0) is 4.79 Å². The predicted octanol–water partition coefficient (Wildman–Crippen LogP) is 4.45. The van der Waals surface area contributed by atoms with Crippen LogP contribution in [0.15, 0.2) is 33.5 Å². The fourth-order valence-corrected chi connectivity index (χ4v) is 4.14. The summed E-state index contributed by atoms with van der Waals surface area (Å²) in [5, 5.41) is 15.3. The van der Waals surface area contributed by atoms with Gasteiger partial charge in [0.25, 0.3) is 0 Å². The summed E-state index contributed by atoms with van der Waals surface area (Å²) in [6.07, 6.45) is 2.45. The summed E-state index contributed by atoms with van der Waals surface area (Å²) in [6, 6.07) is 7.82. The van der Waals surface area contributed by atoms with Crippen LogP contribution in [0.2, 0.25) is 0 Å². The fourth-order valence-electron chi connectivity index (χ4n) is 1.82. The van der Waals surface area contributed by atoms with Crippen LogP contribution in [0.4, 0.5) is 10.8 Å². The zero-order chi connectivity index (χ0) is 17.4. The quantitative estimate of drug-likeness (QED) is 0.625. The number of amides is 1. The molecular weight excluding hydrogens is 360 g/mol. The van der Waals surface area contributed by atoms with Crippen molar-refractivity contribution >= 4 is 51.6 Å². The number of thioether (sulfide) groups is 2. The summed E-state index contributed by atoms with van der Waals surface area (Å²) in [5.74, 6) is 1.27. The average molecular weight is 383 g/mol. The number of benzene rings is 1. The minimum absolute atomic E-state index is 0.0201. The highest BCUT2D eigenvalue weighted by atomic mass is 32.2. The summed E-state index contributed by atoms with van der Waals surface area (Å²) in [5.41, 5.74) is 0.871. The molecule has 5 nitrogen and oxygen atoms in total. The Balaban J connectivity index is 1.74. The summed E-state index contributed by atoms with van der Waals surface area (Å²) >= 11 is 4.72. The molecule has 1 amide bonds. The molecule has 0 radical (unpaired) electrons. The monoisotopic (exact) mass is 382 g/mol. The number of hydrogen-bond donors (Lipinski definition) is 2. The molecule has 24 heavy (non-hydrogen) atoms. The molecule has 0 aliphatic carbocycles. The number of carbonyl (C=O) groups is 1. The van der Waals surface area contributed by atoms with Gasteiger partial charge in [-0.1, -0.05) is 49.1 Å². The van der Waals surface area contributed by atoms with Crippen LogP contribution in [0.3, 0.4) is 0 Å². The van der Waals surface area contributed by atoms with E-state index in [9.17, 15) is 4.79 Å². The van der Waals surface area contributed by atoms with E-state index in [-0.39, 0.29) is 5.91 Å². The molecule has 1 aromatic carbocycles. The van der Waals surface area contributed by atoms with Gasteiger partial charge < -0.3 is 10.6 Å². The van der Waals surface area contributed by atoms with Crippen molar-refractivity contribution < 1.29 is 4.79 Å². The highest BCUT2D eigenvalue weighted by molar-refractivity contribution is 8.01. The van der Waals surface area contributed by atoms with Crippen LogP contribution in [0.1, 0.15) is 20.3 Å². The molecule has 0 bridgehead atoms. The average Bonchev–Trinajstić information content (AvgIpc) is 3.01. The van der Waals surface area contributed by atoms with Gasteiger partial charge in [-0.2, -0.15) is 0 Å². The largest absolute Gasteiger partial charge is 0.360 e. The lowest BCUT2D eigenvalue weighted by Crippen LogP contribution is -2.12. The van der Waals surface area contributed by atoms with E-state index in [0.717, 1.165) is 26.6 Å². The van der Waals surface area contributed by atoms with Crippen LogP contribution in [0, 0.1) is 5.92 Å². The van der Waals surface area contributed by atoms with Gasteiger partial charge in [0.05, 0.1) is 5.69 Å². The molecule has 0 fully saturated rings. The van der Waals surface area contributed by atoms with E-state index in [1.165, 1.54) is 11.3 Å². The van der Waals surface area contributed by atoms with Crippen LogP contribution in [-0.4, -0.2) is 34.7 Å². The van der Waals surface area contributed by atoms with Gasteiger partial charge in [-0.05, 0) is 24.3 Å². The van der Waals surface area contributed by atoms with E-state index >= 15 is 0 Å². The molecule has 2 N–H and O–H groups in total. The lowest BCUT2D eigenvalue weighted by atomic mass is 10.2. The molecule has 0 saturated carbocycles. The summed E-state index contributed by atoms with van der Waals surface area (Å²) < 4.78 is 0.888. The van der Waals surface area contributed by atoms with E-state index in [1.807, 2.05) is 30.5 Å². The van der Waals surface area contributed by atoms with E-state index in [1.54, 1.807) is 23.5 Å². The number of anilines is 2. The van der Waals surface area contributed by atoms with E-state index in [0.29, 0.717) is 18.1 Å². The Hall–Kier alpha value is -1.25. The Morgan fingerprint density at radius 3 is 2.83 bits per heavy atom. The third kappa shape index (κ3) is 6.33. The molecule has 0 saturated heterocycles. The number of para-hydroxylation sites is 1. The maximum atomic E-state index is 12.1. The van der Waals surface area contributed by atoms with Gasteiger partial charge in [0.2, 0.25) is 11.0 Å². The van der Waals surface area contributed by atoms with Crippen molar-refractivity contribution in [1.29, 1.82) is 0 Å². The molecule has 0 spiro atoms. The minimum Gasteiger partial charge on any atom is -0.360 e. The first-order valence-electron chi connectivity index (χ1n) is 7.71. The first kappa shape index (κ1) is 19.1. The highest BCUT2D eigenvalue weighted by Gasteiger charge is 2.09. The third-order valence-electron chi connectivity index (χ3n) is 3.00. The van der Waals surface area contributed by atoms with Gasteiger partial charge in [0.15, 0.2) is 4.34 Å². The summed E-state index contributed by atoms with van der Waals surface area (Å²) in [6.45, 7) is 5.19. The number of rotatable bonds is 9. The number of hydrogen-bond acceptors (Lipinski definition) is 7. The second-order valence-corrected chi connectivity index (χ2v) is 8.66. The van der Waals surface area contributed by atoms with Gasteiger partial charge >= 0.3 is 0 Å². The Kier molecular flexibility index (Phi) is 7.87. The number of nitrogens with one attached hydrogen (secondary N) is 2. The molecule has 0 atom stereocenters. The van der Waals surface area contributed by atoms with Crippen molar-refractivity contribution in [3.63, 3.8) is 0 Å². The highest BCUT2D eigenvalue weighted by Crippen LogP contribution is 2.27. The molecule has 8 heteroatoms. The van der Waals surface area contributed by atoms with E-state index in [4.69, 9.17) is 0 Å². The Morgan fingerprint density at radius 1 is 1.29 bits per heavy atom. The predicted molar refractivity (Wildman–Crippen MR) is 105 cm³/mol. The molecule has 130 valence electrons. The second-order valence-electron chi connectivity index (χ2n) is 5.49. The molecule has 0 aliphatic heterocycles. The zero-order valence-corrected chi connectivity index (χ0v) is 16.5. The molecule has 0 unspecified atom stereocenters. The van der Waals surface area contributed by atoms with Crippen molar-refractivity contribution in [2.45, 2.75) is 29.5 Å². The first-order valence-corrected chi connectivity index (χ1v) is 10.7. The molecule has 1 aromatic heterocycles. The van der Waals surface area contributed by atoms with Crippen LogP contribution < -0.4 is 10.6 Å². The smallest absolute Gasteiger partial charge is 0.225 e. The summed E-state index contributed by atoms with van der Waals surface area (Å²) in [4.78, 5) is 13.1. The molecular formula is C16H22N4OS3. The van der Waals surface area contributed by atoms with Gasteiger partial charge in [0.1, 0.15) is 0 Å². The van der Waals surface area contributed by atoms with Crippen molar-refractivity contribution in [2.75, 3.05) is 29.2 Å². The van der Waals surface area contributed by atoms with Crippen molar-refractivity contribution in [2.24, 2.45) is 5.92 Å². The second kappa shape index (κ2) is 9.90. The van der Waals surface area contributed by atoms with Gasteiger partial charge in [-0.15, -0.1) is 22.0 Å². The first-order chi connectivity index (χ1) is 11.6. The SMILES string of the molecule is CSc1ccccc1NC(=O)CCSc1nnc(NCC(C)C)s1. The Labute approximate surface area is 155 Å². The van der Waals surface area contributed by atoms with Gasteiger partial charge in [-0.3, -0.25) is 4.79 Å². The zero-order valence-electron chi connectivity index (χ0n) is 14.0. The molecule has 1 heterocycles. The number of nitrogens with zero attached hydrogens (tertiary/aromatic N) is 2. The Bertz CT molecular complexity index is 660. The van der Waals surface area contributed by atoms with Crippen LogP contribution >= 0.6 is 34.9 Å². The number of aromatic nitrogens is 2. The number of carbonyl (C=O) groups excluding carboxylic acids is 1. The van der Waals surface area contributed by atoms with Crippen LogP contribution in [0.25, 0.3) is 0 Å². The van der Waals surface area contributed by atoms with Crippen LogP contribution in [0.5, 0.6) is 0 Å². The van der Waals surface area contributed by atoms with Gasteiger partial charge in [-0.25, -0.2) is 0 Å². The van der Waals surface area contributed by atoms with Gasteiger partial charge in [0, 0.05) is 23.6 Å². The fraction of sp³-hybridized carbons (Fsp3) is 0.438. The van der Waals surface area contributed by atoms with Crippen molar-refractivity contribution in [1.82, 2.24) is 10.2 Å². The van der Waals surface area contributed by atoms with Crippen molar-refractivity contribution in [3.8, 4) is 0 Å². The van der Waals surface area contributed by atoms with Crippen molar-refractivity contribution in [3.05, 3.63) is 24.3 Å². The lowest BCUT2D eigenvalue weighted by Gasteiger charge is -2.08. The topological polar surface area (TPSA) is 66.9 Å². The lowest BCUT2D eigenvalue weighted by molar-refractivity contribution is -0.115. The summed E-state index contributed by atoms with van der Waals surface area (Å²) in [7, 11) is 0. The van der Waals surface area contributed by atoms with E-state index in [2.05, 4.69) is 34.7 Å². The maximum absolute atomic E-state index is 12.1. The maximum Gasteiger partial charge on any atom is 0.225 e. The Morgan fingerprint density at radius 2 is 2.08 bits per heavy atom. The normalized spacial score (nSPS) is 10.8. The molecule has 2 rings (SSSR count). The van der Waals surface area contributed by atoms with E-state index < -0.39 is 0 Å². The minimum atomic E-state index is 0.0201. The molecule has 2 aromatic rings. The molecule has 0 aliphatic rings. The third-order valence-corrected chi connectivity index (χ3v) is 5.82. The standard InChI is InChI=1S/C16H22N4OS3/c1-11(2)10-17-15-19-20-16(24-15)23-9-8-14(21)18-12-6-4-5-7-13(12)22-3/h4-7,11H,8-10H2,1-3H3,(H,17,19)(H,18,21).